The number of hydrogen-bond donors (Lipinski definition) is 7. The van der Waals surface area contributed by atoms with Crippen LogP contribution in [0, 0.1) is 5.92 Å². The van der Waals surface area contributed by atoms with Gasteiger partial charge in [-0.2, -0.15) is 0 Å². The monoisotopic (exact) mass is 499 g/mol. The van der Waals surface area contributed by atoms with Crippen LogP contribution in [0.25, 0.3) is 0 Å². The third-order valence-corrected chi connectivity index (χ3v) is 5.63. The smallest absolute Gasteiger partial charge is 0.326 e. The molecule has 0 bridgehead atoms. The van der Waals surface area contributed by atoms with Crippen molar-refractivity contribution in [3.8, 4) is 0 Å². The summed E-state index contributed by atoms with van der Waals surface area (Å²) >= 11 is 0. The number of nitrogens with two attached hydrogens (primary N) is 3. The first-order chi connectivity index (χ1) is 16.3. The van der Waals surface area contributed by atoms with Crippen molar-refractivity contribution in [2.75, 3.05) is 13.1 Å². The van der Waals surface area contributed by atoms with Crippen LogP contribution in [0.2, 0.25) is 0 Å². The maximum atomic E-state index is 13.4. The molecule has 1 saturated heterocycles. The van der Waals surface area contributed by atoms with Gasteiger partial charge in [0.15, 0.2) is 5.96 Å². The Bertz CT molecular complexity index is 814. The number of carbonyl (C=O) groups is 5. The fraction of sp³-hybridized carbons (Fsp3) is 0.714. The fourth-order valence-corrected chi connectivity index (χ4v) is 3.72. The number of rotatable bonds is 14. The lowest BCUT2D eigenvalue weighted by atomic mass is 10.0. The number of guanidine groups is 1. The van der Waals surface area contributed by atoms with Gasteiger partial charge in [-0.25, -0.2) is 4.79 Å². The van der Waals surface area contributed by atoms with Gasteiger partial charge in [0.1, 0.15) is 18.1 Å². The first-order valence-corrected chi connectivity index (χ1v) is 11.5. The second-order valence-electron chi connectivity index (χ2n) is 8.81. The van der Waals surface area contributed by atoms with Crippen molar-refractivity contribution in [1.29, 1.82) is 0 Å². The first-order valence-electron chi connectivity index (χ1n) is 11.5. The largest absolute Gasteiger partial charge is 0.481 e. The van der Waals surface area contributed by atoms with E-state index in [1.165, 1.54) is 4.90 Å². The Morgan fingerprint density at radius 2 is 1.74 bits per heavy atom. The predicted molar refractivity (Wildman–Crippen MR) is 126 cm³/mol. The standard InChI is InChI=1S/C21H37N7O7/c1-11(2)16(20(34)35)27-18(32)14-6-4-10-28(14)19(33)13(5-3-9-25-21(23)24)26-17(31)12(22)7-8-15(29)30/h11-14,16H,3-10,22H2,1-2H3,(H,26,31)(H,27,32)(H,29,30)(H,34,35)(H4,23,24,25). The van der Waals surface area contributed by atoms with Crippen LogP contribution in [0.15, 0.2) is 4.99 Å². The number of amides is 3. The summed E-state index contributed by atoms with van der Waals surface area (Å²) in [5, 5.41) is 23.2. The highest BCUT2D eigenvalue weighted by Crippen LogP contribution is 2.20. The summed E-state index contributed by atoms with van der Waals surface area (Å²) in [4.78, 5) is 66.1. The number of aliphatic carboxylic acids is 2. The van der Waals surface area contributed by atoms with Crippen LogP contribution in [-0.4, -0.2) is 88.0 Å². The first kappa shape index (κ1) is 29.6. The average Bonchev–Trinajstić information content (AvgIpc) is 3.26. The predicted octanol–water partition coefficient (Wildman–Crippen LogP) is -2.07. The Balaban J connectivity index is 2.98. The maximum Gasteiger partial charge on any atom is 0.326 e. The molecule has 0 aromatic carbocycles. The number of likely N-dealkylation sites (tertiary alicyclic amines) is 1. The molecule has 14 heteroatoms. The van der Waals surface area contributed by atoms with Crippen molar-refractivity contribution in [2.24, 2.45) is 28.1 Å². The molecule has 0 aromatic rings. The van der Waals surface area contributed by atoms with Crippen molar-refractivity contribution in [3.63, 3.8) is 0 Å². The number of hydrogen-bond acceptors (Lipinski definition) is 7. The van der Waals surface area contributed by atoms with Crippen LogP contribution in [0.3, 0.4) is 0 Å². The molecule has 35 heavy (non-hydrogen) atoms. The minimum absolute atomic E-state index is 0.114. The molecule has 198 valence electrons. The van der Waals surface area contributed by atoms with Crippen LogP contribution in [0.4, 0.5) is 0 Å². The molecule has 0 aromatic heterocycles. The van der Waals surface area contributed by atoms with Gasteiger partial charge in [-0.3, -0.25) is 24.2 Å². The van der Waals surface area contributed by atoms with Gasteiger partial charge in [-0.15, -0.1) is 0 Å². The van der Waals surface area contributed by atoms with Crippen molar-refractivity contribution in [3.05, 3.63) is 0 Å². The Kier molecular flexibility index (Phi) is 11.9. The molecule has 0 saturated carbocycles. The minimum atomic E-state index is -1.18. The Morgan fingerprint density at radius 3 is 2.29 bits per heavy atom. The van der Waals surface area contributed by atoms with Gasteiger partial charge in [0, 0.05) is 19.5 Å². The van der Waals surface area contributed by atoms with Crippen LogP contribution >= 0.6 is 0 Å². The van der Waals surface area contributed by atoms with Crippen LogP contribution < -0.4 is 27.8 Å². The zero-order valence-corrected chi connectivity index (χ0v) is 20.1. The summed E-state index contributed by atoms with van der Waals surface area (Å²) in [6, 6.07) is -4.19. The highest BCUT2D eigenvalue weighted by atomic mass is 16.4. The summed E-state index contributed by atoms with van der Waals surface area (Å²) in [5.74, 6) is -4.57. The molecule has 3 amide bonds. The summed E-state index contributed by atoms with van der Waals surface area (Å²) in [6.45, 7) is 3.77. The number of carbonyl (C=O) groups excluding carboxylic acids is 3. The molecular weight excluding hydrogens is 462 g/mol. The van der Waals surface area contributed by atoms with E-state index in [0.717, 1.165) is 0 Å². The van der Waals surface area contributed by atoms with Crippen molar-refractivity contribution in [1.82, 2.24) is 15.5 Å². The zero-order chi connectivity index (χ0) is 26.7. The van der Waals surface area contributed by atoms with E-state index >= 15 is 0 Å². The van der Waals surface area contributed by atoms with Gasteiger partial charge in [-0.05, 0) is 38.0 Å². The number of nitrogens with one attached hydrogen (secondary N) is 2. The third-order valence-electron chi connectivity index (χ3n) is 5.63. The van der Waals surface area contributed by atoms with Crippen molar-refractivity contribution >= 4 is 35.6 Å². The van der Waals surface area contributed by atoms with Gasteiger partial charge < -0.3 is 42.9 Å². The van der Waals surface area contributed by atoms with Gasteiger partial charge in [0.2, 0.25) is 17.7 Å². The molecular formula is C21H37N7O7. The molecule has 1 fully saturated rings. The molecule has 0 spiro atoms. The molecule has 4 unspecified atom stereocenters. The van der Waals surface area contributed by atoms with E-state index in [2.05, 4.69) is 15.6 Å². The molecule has 1 rings (SSSR count). The second-order valence-corrected chi connectivity index (χ2v) is 8.81. The molecule has 14 nitrogen and oxygen atoms in total. The normalized spacial score (nSPS) is 17.8. The van der Waals surface area contributed by atoms with E-state index in [1.807, 2.05) is 0 Å². The van der Waals surface area contributed by atoms with Crippen LogP contribution in [-0.2, 0) is 24.0 Å². The molecule has 0 radical (unpaired) electrons. The highest BCUT2D eigenvalue weighted by Gasteiger charge is 2.39. The summed E-state index contributed by atoms with van der Waals surface area (Å²) in [5.41, 5.74) is 16.4. The van der Waals surface area contributed by atoms with E-state index in [0.29, 0.717) is 19.3 Å². The molecule has 1 aliphatic rings. The Morgan fingerprint density at radius 1 is 1.09 bits per heavy atom. The quantitative estimate of drug-likeness (QED) is 0.0781. The number of carboxylic acids is 2. The second kappa shape index (κ2) is 14.1. The van der Waals surface area contributed by atoms with Crippen LogP contribution in [0.5, 0.6) is 0 Å². The summed E-state index contributed by atoms with van der Waals surface area (Å²) in [6.07, 6.45) is 0.910. The van der Waals surface area contributed by atoms with Gasteiger partial charge in [-0.1, -0.05) is 13.8 Å². The zero-order valence-electron chi connectivity index (χ0n) is 20.1. The average molecular weight is 500 g/mol. The van der Waals surface area contributed by atoms with E-state index in [1.54, 1.807) is 13.8 Å². The number of carboxylic acid groups (broad SMARTS) is 2. The SMILES string of the molecule is CC(C)C(NC(=O)C1CCCN1C(=O)C(CCCN=C(N)N)NC(=O)C(N)CCC(=O)O)C(=O)O. The number of nitrogens with zero attached hydrogens (tertiary/aromatic N) is 2. The van der Waals surface area contributed by atoms with Gasteiger partial charge in [0.05, 0.1) is 6.04 Å². The van der Waals surface area contributed by atoms with Crippen molar-refractivity contribution in [2.45, 2.75) is 76.5 Å². The minimum Gasteiger partial charge on any atom is -0.481 e. The van der Waals surface area contributed by atoms with Crippen LogP contribution in [0.1, 0.15) is 52.4 Å². The van der Waals surface area contributed by atoms with E-state index in [-0.39, 0.29) is 44.2 Å². The van der Waals surface area contributed by atoms with E-state index in [4.69, 9.17) is 22.3 Å². The summed E-state index contributed by atoms with van der Waals surface area (Å²) in [7, 11) is 0. The Hall–Kier alpha value is -3.42. The van der Waals surface area contributed by atoms with E-state index in [9.17, 15) is 29.1 Å². The lowest BCUT2D eigenvalue weighted by molar-refractivity contribution is -0.146. The van der Waals surface area contributed by atoms with Crippen molar-refractivity contribution < 1.29 is 34.2 Å². The number of aliphatic imine (C=N–C) groups is 1. The lowest BCUT2D eigenvalue weighted by Gasteiger charge is -2.30. The molecule has 1 heterocycles. The van der Waals surface area contributed by atoms with Gasteiger partial charge in [0.25, 0.3) is 0 Å². The van der Waals surface area contributed by atoms with E-state index < -0.39 is 53.8 Å². The fourth-order valence-electron chi connectivity index (χ4n) is 3.72. The molecule has 10 N–H and O–H groups in total. The maximum absolute atomic E-state index is 13.4. The molecule has 1 aliphatic heterocycles. The van der Waals surface area contributed by atoms with Gasteiger partial charge >= 0.3 is 11.9 Å². The lowest BCUT2D eigenvalue weighted by Crippen LogP contribution is -2.57. The summed E-state index contributed by atoms with van der Waals surface area (Å²) < 4.78 is 0. The Labute approximate surface area is 203 Å². The molecule has 0 aliphatic carbocycles. The topological polar surface area (TPSA) is 244 Å². The third kappa shape index (κ3) is 9.76. The molecule has 4 atom stereocenters. The highest BCUT2D eigenvalue weighted by molar-refractivity contribution is 5.94.